The Morgan fingerprint density at radius 1 is 1.07 bits per heavy atom. The summed E-state index contributed by atoms with van der Waals surface area (Å²) in [7, 11) is 0. The normalized spacial score (nSPS) is 12.8. The average Bonchev–Trinajstić information content (AvgIpc) is 2.77. The molecule has 3 heterocycles. The molecule has 1 aromatic carbocycles. The number of fused-ring (bicyclic) bond motifs is 1. The number of nitrogens with zero attached hydrogens (tertiary/aromatic N) is 5. The molecule has 146 valence electrons. The summed E-state index contributed by atoms with van der Waals surface area (Å²) < 4.78 is 0. The Morgan fingerprint density at radius 3 is 2.62 bits per heavy atom. The highest BCUT2D eigenvalue weighted by Gasteiger charge is 2.29. The predicted molar refractivity (Wildman–Crippen MR) is 105 cm³/mol. The zero-order valence-electron chi connectivity index (χ0n) is 15.3. The lowest BCUT2D eigenvalue weighted by molar-refractivity contribution is -0.383. The molecule has 10 nitrogen and oxygen atoms in total. The van der Waals surface area contributed by atoms with Crippen molar-refractivity contribution in [2.24, 2.45) is 0 Å². The summed E-state index contributed by atoms with van der Waals surface area (Å²) in [5.74, 6) is -0.427. The van der Waals surface area contributed by atoms with E-state index in [1.165, 1.54) is 24.2 Å². The van der Waals surface area contributed by atoms with Gasteiger partial charge in [-0.15, -0.1) is 0 Å². The van der Waals surface area contributed by atoms with Crippen LogP contribution in [0.1, 0.15) is 21.6 Å². The summed E-state index contributed by atoms with van der Waals surface area (Å²) in [5.41, 5.74) is 7.12. The zero-order valence-corrected chi connectivity index (χ0v) is 15.3. The number of hydrogen-bond acceptors (Lipinski definition) is 8. The first-order valence-corrected chi connectivity index (χ1v) is 8.92. The first-order chi connectivity index (χ1) is 14.1. The van der Waals surface area contributed by atoms with Gasteiger partial charge in [-0.3, -0.25) is 30.7 Å². The SMILES string of the molecule is O=C(NNc1ncnc(N2CCc3ccccc3C2)c1[N+](=O)[O-])c1ccccn1. The highest BCUT2D eigenvalue weighted by atomic mass is 16.6. The zero-order chi connectivity index (χ0) is 20.2. The Hall–Kier alpha value is -4.08. The van der Waals surface area contributed by atoms with Crippen LogP contribution in [0.25, 0.3) is 0 Å². The maximum atomic E-state index is 12.2. The molecule has 10 heteroatoms. The number of carbonyl (C=O) groups is 1. The van der Waals surface area contributed by atoms with Gasteiger partial charge < -0.3 is 4.90 Å². The van der Waals surface area contributed by atoms with Crippen LogP contribution >= 0.6 is 0 Å². The van der Waals surface area contributed by atoms with Crippen LogP contribution in [0.5, 0.6) is 0 Å². The molecular formula is C19H17N7O3. The molecule has 0 atom stereocenters. The Kier molecular flexibility index (Phi) is 4.97. The number of rotatable bonds is 5. The summed E-state index contributed by atoms with van der Waals surface area (Å²) in [5, 5.41) is 11.8. The highest BCUT2D eigenvalue weighted by Crippen LogP contribution is 2.34. The lowest BCUT2D eigenvalue weighted by Gasteiger charge is -2.29. The van der Waals surface area contributed by atoms with Gasteiger partial charge in [-0.1, -0.05) is 30.3 Å². The summed E-state index contributed by atoms with van der Waals surface area (Å²) in [6.45, 7) is 1.10. The quantitative estimate of drug-likeness (QED) is 0.500. The molecule has 0 bridgehead atoms. The molecule has 1 amide bonds. The maximum Gasteiger partial charge on any atom is 0.355 e. The molecule has 2 aromatic heterocycles. The van der Waals surface area contributed by atoms with Gasteiger partial charge in [0.25, 0.3) is 5.91 Å². The van der Waals surface area contributed by atoms with E-state index in [0.29, 0.717) is 13.1 Å². The van der Waals surface area contributed by atoms with Crippen molar-refractivity contribution in [1.82, 2.24) is 20.4 Å². The van der Waals surface area contributed by atoms with Gasteiger partial charge in [-0.05, 0) is 29.7 Å². The van der Waals surface area contributed by atoms with E-state index < -0.39 is 10.8 Å². The minimum atomic E-state index is -0.550. The van der Waals surface area contributed by atoms with Crippen molar-refractivity contribution < 1.29 is 9.72 Å². The predicted octanol–water partition coefficient (Wildman–Crippen LogP) is 2.10. The van der Waals surface area contributed by atoms with Crippen molar-refractivity contribution in [2.75, 3.05) is 16.9 Å². The lowest BCUT2D eigenvalue weighted by Crippen LogP contribution is -2.33. The van der Waals surface area contributed by atoms with Gasteiger partial charge in [0, 0.05) is 19.3 Å². The van der Waals surface area contributed by atoms with E-state index in [-0.39, 0.29) is 23.0 Å². The second-order valence-electron chi connectivity index (χ2n) is 6.39. The summed E-state index contributed by atoms with van der Waals surface area (Å²) >= 11 is 0. The Labute approximate surface area is 165 Å². The summed E-state index contributed by atoms with van der Waals surface area (Å²) in [6.07, 6.45) is 3.48. The molecule has 0 unspecified atom stereocenters. The summed E-state index contributed by atoms with van der Waals surface area (Å²) in [6, 6.07) is 12.9. The smallest absolute Gasteiger partial charge is 0.346 e. The van der Waals surface area contributed by atoms with E-state index in [1.807, 2.05) is 23.1 Å². The number of hydrazine groups is 1. The van der Waals surface area contributed by atoms with Crippen LogP contribution in [0, 0.1) is 10.1 Å². The van der Waals surface area contributed by atoms with Gasteiger partial charge >= 0.3 is 5.69 Å². The van der Waals surface area contributed by atoms with E-state index in [1.54, 1.807) is 12.1 Å². The van der Waals surface area contributed by atoms with Crippen LogP contribution in [-0.4, -0.2) is 32.3 Å². The average molecular weight is 391 g/mol. The third-order valence-electron chi connectivity index (χ3n) is 4.61. The number of carbonyl (C=O) groups excluding carboxylic acids is 1. The minimum absolute atomic E-state index is 0.0943. The molecule has 0 fully saturated rings. The topological polar surface area (TPSA) is 126 Å². The van der Waals surface area contributed by atoms with E-state index >= 15 is 0 Å². The molecule has 2 N–H and O–H groups in total. The molecule has 0 radical (unpaired) electrons. The van der Waals surface area contributed by atoms with E-state index in [0.717, 1.165) is 12.0 Å². The monoisotopic (exact) mass is 391 g/mol. The highest BCUT2D eigenvalue weighted by molar-refractivity contribution is 5.93. The summed E-state index contributed by atoms with van der Waals surface area (Å²) in [4.78, 5) is 37.3. The van der Waals surface area contributed by atoms with Gasteiger partial charge in [-0.25, -0.2) is 9.97 Å². The molecule has 4 rings (SSSR count). The number of nitrogens with one attached hydrogen (secondary N) is 2. The van der Waals surface area contributed by atoms with Crippen molar-refractivity contribution in [3.63, 3.8) is 0 Å². The molecule has 0 spiro atoms. The lowest BCUT2D eigenvalue weighted by atomic mass is 10.00. The van der Waals surface area contributed by atoms with E-state index in [4.69, 9.17) is 0 Å². The van der Waals surface area contributed by atoms with Crippen LogP contribution in [0.2, 0.25) is 0 Å². The molecular weight excluding hydrogens is 374 g/mol. The van der Waals surface area contributed by atoms with Crippen molar-refractivity contribution >= 4 is 23.2 Å². The minimum Gasteiger partial charge on any atom is -0.346 e. The fraction of sp³-hybridized carbons (Fsp3) is 0.158. The number of amides is 1. The van der Waals surface area contributed by atoms with Crippen molar-refractivity contribution in [3.05, 3.63) is 81.9 Å². The molecule has 1 aliphatic heterocycles. The molecule has 0 aliphatic carbocycles. The van der Waals surface area contributed by atoms with Crippen LogP contribution < -0.4 is 15.8 Å². The number of nitro groups is 1. The van der Waals surface area contributed by atoms with Gasteiger partial charge in [0.2, 0.25) is 11.6 Å². The molecule has 3 aromatic rings. The van der Waals surface area contributed by atoms with Crippen LogP contribution in [0.15, 0.2) is 55.0 Å². The Morgan fingerprint density at radius 2 is 1.86 bits per heavy atom. The number of hydrogen-bond donors (Lipinski definition) is 2. The van der Waals surface area contributed by atoms with Crippen molar-refractivity contribution in [3.8, 4) is 0 Å². The third kappa shape index (κ3) is 3.81. The second-order valence-corrected chi connectivity index (χ2v) is 6.39. The largest absolute Gasteiger partial charge is 0.355 e. The van der Waals surface area contributed by atoms with Crippen molar-refractivity contribution in [1.29, 1.82) is 0 Å². The van der Waals surface area contributed by atoms with Crippen LogP contribution in [-0.2, 0) is 13.0 Å². The number of pyridine rings is 1. The molecule has 0 saturated heterocycles. The van der Waals surface area contributed by atoms with Gasteiger partial charge in [0.05, 0.1) is 4.92 Å². The number of anilines is 2. The van der Waals surface area contributed by atoms with Crippen LogP contribution in [0.4, 0.5) is 17.3 Å². The van der Waals surface area contributed by atoms with Crippen LogP contribution in [0.3, 0.4) is 0 Å². The molecule has 0 saturated carbocycles. The van der Waals surface area contributed by atoms with Crippen molar-refractivity contribution in [2.45, 2.75) is 13.0 Å². The van der Waals surface area contributed by atoms with Gasteiger partial charge in [-0.2, -0.15) is 0 Å². The van der Waals surface area contributed by atoms with Gasteiger partial charge in [0.1, 0.15) is 12.0 Å². The standard InChI is InChI=1S/C19H17N7O3/c27-19(15-7-3-4-9-20-15)24-23-17-16(26(28)29)18(22-12-21-17)25-10-8-13-5-1-2-6-14(13)11-25/h1-7,9,12H,8,10-11H2,(H,24,27)(H,21,22,23). The first kappa shape index (κ1) is 18.3. The first-order valence-electron chi connectivity index (χ1n) is 8.92. The number of benzene rings is 1. The van der Waals surface area contributed by atoms with E-state index in [9.17, 15) is 14.9 Å². The van der Waals surface area contributed by atoms with Gasteiger partial charge in [0.15, 0.2) is 0 Å². The molecule has 1 aliphatic rings. The third-order valence-corrected chi connectivity index (χ3v) is 4.61. The fourth-order valence-electron chi connectivity index (χ4n) is 3.21. The van der Waals surface area contributed by atoms with E-state index in [2.05, 4.69) is 31.9 Å². The maximum absolute atomic E-state index is 12.2. The Balaban J connectivity index is 1.58. The Bertz CT molecular complexity index is 1060. The fourth-order valence-corrected chi connectivity index (χ4v) is 3.21. The second kappa shape index (κ2) is 7.89. The molecule has 29 heavy (non-hydrogen) atoms. The number of aromatic nitrogens is 3.